The van der Waals surface area contributed by atoms with Crippen LogP contribution in [-0.4, -0.2) is 103 Å². The number of carbonyl (C=O) groups excluding carboxylic acids is 4. The fourth-order valence-electron chi connectivity index (χ4n) is 9.12. The van der Waals surface area contributed by atoms with E-state index in [1.807, 2.05) is 13.8 Å². The number of benzene rings is 3. The minimum absolute atomic E-state index is 0.0500. The molecule has 2 fully saturated rings. The predicted molar refractivity (Wildman–Crippen MR) is 233 cm³/mol. The van der Waals surface area contributed by atoms with Gasteiger partial charge in [-0.25, -0.2) is 14.6 Å². The van der Waals surface area contributed by atoms with Gasteiger partial charge in [0.25, 0.3) is 15.9 Å². The van der Waals surface area contributed by atoms with Crippen molar-refractivity contribution < 1.29 is 45.9 Å². The molecule has 8 rings (SSSR count). The number of H-pyrrole nitrogens is 1. The Morgan fingerprint density at radius 2 is 1.28 bits per heavy atom. The summed E-state index contributed by atoms with van der Waals surface area (Å²) in [6.07, 6.45) is 2.44. The van der Waals surface area contributed by atoms with Crippen LogP contribution in [0.1, 0.15) is 76.4 Å². The summed E-state index contributed by atoms with van der Waals surface area (Å²) in [5.74, 6) is -4.00. The van der Waals surface area contributed by atoms with Crippen LogP contribution in [0.15, 0.2) is 70.1 Å². The molecule has 16 nitrogen and oxygen atoms in total. The van der Waals surface area contributed by atoms with Gasteiger partial charge in [-0.2, -0.15) is 17.2 Å². The van der Waals surface area contributed by atoms with Crippen LogP contribution in [0.3, 0.4) is 0 Å². The van der Waals surface area contributed by atoms with Crippen molar-refractivity contribution >= 4 is 45.5 Å². The number of amides is 4. The second-order valence-corrected chi connectivity index (χ2v) is 18.7. The lowest BCUT2D eigenvalue weighted by molar-refractivity contribution is -0.135. The highest BCUT2D eigenvalue weighted by molar-refractivity contribution is 7.90. The van der Waals surface area contributed by atoms with E-state index in [0.29, 0.717) is 71.7 Å². The molecule has 4 amide bonds. The van der Waals surface area contributed by atoms with Crippen molar-refractivity contribution in [1.82, 2.24) is 30.4 Å². The number of carbonyl (C=O) groups is 4. The summed E-state index contributed by atoms with van der Waals surface area (Å²) in [7, 11) is -1.78. The van der Waals surface area contributed by atoms with Crippen molar-refractivity contribution in [1.29, 1.82) is 0 Å². The van der Waals surface area contributed by atoms with E-state index in [-0.39, 0.29) is 45.3 Å². The van der Waals surface area contributed by atoms with Crippen molar-refractivity contribution in [3.8, 4) is 33.5 Å². The van der Waals surface area contributed by atoms with Gasteiger partial charge in [0.15, 0.2) is 0 Å². The molecule has 64 heavy (non-hydrogen) atoms. The van der Waals surface area contributed by atoms with Crippen LogP contribution in [0.25, 0.3) is 33.5 Å². The van der Waals surface area contributed by atoms with Crippen LogP contribution in [0.5, 0.6) is 0 Å². The molecule has 1 aliphatic carbocycles. The topological polar surface area (TPSA) is 204 Å². The Labute approximate surface area is 369 Å². The van der Waals surface area contributed by atoms with E-state index in [4.69, 9.17) is 9.47 Å². The van der Waals surface area contributed by atoms with Crippen molar-refractivity contribution in [2.75, 3.05) is 32.6 Å². The molecular formula is C45H50F2N8O8S. The molecule has 4 aromatic rings. The average Bonchev–Trinajstić information content (AvgIpc) is 4.10. The van der Waals surface area contributed by atoms with E-state index in [2.05, 4.69) is 30.3 Å². The van der Waals surface area contributed by atoms with Crippen molar-refractivity contribution in [2.24, 2.45) is 16.2 Å². The number of rotatable bonds is 10. The average molecular weight is 901 g/mol. The molecule has 4 heterocycles. The maximum atomic E-state index is 16.6. The number of alkyl carbamates (subject to hydrolysis) is 2. The lowest BCUT2D eigenvalue weighted by atomic mass is 9.98. The van der Waals surface area contributed by atoms with E-state index in [1.54, 1.807) is 61.3 Å². The molecule has 19 heteroatoms. The Kier molecular flexibility index (Phi) is 11.7. The summed E-state index contributed by atoms with van der Waals surface area (Å²) in [4.78, 5) is 62.4. The maximum Gasteiger partial charge on any atom is 0.407 e. The molecule has 2 saturated heterocycles. The van der Waals surface area contributed by atoms with Gasteiger partial charge < -0.3 is 40.2 Å². The summed E-state index contributed by atoms with van der Waals surface area (Å²) in [6.45, 7) is 8.00. The number of hydrogen-bond donors (Lipinski definition) is 4. The fraction of sp³-hybridized carbons (Fsp3) is 0.422. The standard InChI is InChI=1S/C45H50F2N8O8S/c1-23(2)37(51-43(58)62-5)41(56)54-17-7-9-34(54)39-48-22-33(50-39)27-12-15-29-28-14-11-25(19-30(28)45(46,47)31(29)20-27)26-13-16-36-32(21-26)49-40(53-64(36,60)61)35-10-8-18-55(35)42(57)38(24(3)4)52-44(59)63-6/h11-16,19-24,34-35,37-38H,7-10,17-18H2,1-6H3,(H,48,50)(H,49,53)(H,51,58)(H,52,59)/t34-,35-,37-,38-/m0/s1. The van der Waals surface area contributed by atoms with Gasteiger partial charge >= 0.3 is 12.2 Å². The lowest BCUT2D eigenvalue weighted by Crippen LogP contribution is -2.54. The fourth-order valence-corrected chi connectivity index (χ4v) is 10.3. The molecule has 4 aliphatic rings. The molecule has 0 unspecified atom stereocenters. The Balaban J connectivity index is 1.03. The molecule has 0 bridgehead atoms. The summed E-state index contributed by atoms with van der Waals surface area (Å²) < 4.78 is 73.8. The van der Waals surface area contributed by atoms with Crippen molar-refractivity contribution in [3.05, 3.63) is 77.7 Å². The molecule has 3 aliphatic heterocycles. The number of fused-ring (bicyclic) bond motifs is 4. The van der Waals surface area contributed by atoms with Crippen molar-refractivity contribution in [3.63, 3.8) is 0 Å². The normalized spacial score (nSPS) is 20.1. The Hall–Kier alpha value is -6.37. The van der Waals surface area contributed by atoms with Crippen LogP contribution >= 0.6 is 0 Å². The molecule has 4 N–H and O–H groups in total. The van der Waals surface area contributed by atoms with Gasteiger partial charge in [0, 0.05) is 29.8 Å². The maximum absolute atomic E-state index is 16.6. The molecule has 0 spiro atoms. The van der Waals surface area contributed by atoms with Gasteiger partial charge in [-0.15, -0.1) is 4.40 Å². The lowest BCUT2D eigenvalue weighted by Gasteiger charge is -2.32. The SMILES string of the molecule is COC(=O)N[C@H](C(=O)N1CCC[C@H]1C1=NS(=O)(=O)c2ccc(-c3ccc4c(c3)C(F)(F)c3cc(-c5cnc([C@@H]6CCCN6C(=O)[C@@H](NC(=O)OC)C(C)C)[nH]5)ccc3-4)cc2N1)C(C)C. The Morgan fingerprint density at radius 3 is 1.86 bits per heavy atom. The van der Waals surface area contributed by atoms with Gasteiger partial charge in [-0.05, 0) is 84.0 Å². The van der Waals surface area contributed by atoms with Crippen LogP contribution in [0.2, 0.25) is 0 Å². The van der Waals surface area contributed by atoms with Crippen molar-refractivity contribution in [2.45, 2.75) is 88.4 Å². The number of nitrogens with zero attached hydrogens (tertiary/aromatic N) is 4. The number of amidine groups is 1. The molecule has 338 valence electrons. The summed E-state index contributed by atoms with van der Waals surface area (Å²) in [5.41, 5.74) is 2.42. The predicted octanol–water partition coefficient (Wildman–Crippen LogP) is 6.79. The number of sulfonamides is 1. The smallest absolute Gasteiger partial charge is 0.407 e. The highest BCUT2D eigenvalue weighted by Crippen LogP contribution is 2.53. The number of anilines is 1. The highest BCUT2D eigenvalue weighted by Gasteiger charge is 2.45. The Morgan fingerprint density at radius 1 is 0.766 bits per heavy atom. The van der Waals surface area contributed by atoms with Crippen LogP contribution in [-0.2, 0) is 35.0 Å². The number of ether oxygens (including phenoxy) is 2. The minimum Gasteiger partial charge on any atom is -0.453 e. The van der Waals surface area contributed by atoms with Crippen LogP contribution in [0.4, 0.5) is 24.1 Å². The molecular weight excluding hydrogens is 851 g/mol. The third-order valence-corrected chi connectivity index (χ3v) is 13.8. The zero-order valence-corrected chi connectivity index (χ0v) is 37.0. The summed E-state index contributed by atoms with van der Waals surface area (Å²) in [5, 5.41) is 8.34. The molecule has 3 aromatic carbocycles. The molecule has 0 saturated carbocycles. The third-order valence-electron chi connectivity index (χ3n) is 12.5. The van der Waals surface area contributed by atoms with Crippen LogP contribution in [0, 0.1) is 11.8 Å². The minimum atomic E-state index is -4.21. The van der Waals surface area contributed by atoms with E-state index >= 15 is 8.78 Å². The second kappa shape index (κ2) is 17.0. The zero-order valence-electron chi connectivity index (χ0n) is 36.2. The molecule has 0 radical (unpaired) electrons. The van der Waals surface area contributed by atoms with Crippen LogP contribution < -0.4 is 16.0 Å². The first kappa shape index (κ1) is 44.2. The first-order valence-electron chi connectivity index (χ1n) is 21.2. The number of methoxy groups -OCH3 is 2. The number of nitrogens with one attached hydrogen (secondary N) is 4. The first-order chi connectivity index (χ1) is 30.4. The van der Waals surface area contributed by atoms with Gasteiger partial charge in [0.2, 0.25) is 11.8 Å². The van der Waals surface area contributed by atoms with Gasteiger partial charge in [0.05, 0.1) is 43.9 Å². The second-order valence-electron chi connectivity index (χ2n) is 17.2. The number of aromatic amines is 1. The number of halogens is 2. The van der Waals surface area contributed by atoms with Gasteiger partial charge in [-0.1, -0.05) is 58.0 Å². The zero-order chi connectivity index (χ0) is 45.8. The number of aromatic nitrogens is 2. The Bertz CT molecular complexity index is 2680. The number of hydrogen-bond acceptors (Lipinski definition) is 10. The summed E-state index contributed by atoms with van der Waals surface area (Å²) >= 11 is 0. The number of likely N-dealkylation sites (tertiary alicyclic amines) is 2. The van der Waals surface area contributed by atoms with E-state index in [9.17, 15) is 27.6 Å². The molecule has 1 aromatic heterocycles. The quantitative estimate of drug-likeness (QED) is 0.131. The summed E-state index contributed by atoms with van der Waals surface area (Å²) in [6, 6.07) is 11.3. The monoisotopic (exact) mass is 900 g/mol. The third kappa shape index (κ3) is 7.94. The first-order valence-corrected chi connectivity index (χ1v) is 22.7. The largest absolute Gasteiger partial charge is 0.453 e. The van der Waals surface area contributed by atoms with Gasteiger partial charge in [0.1, 0.15) is 28.6 Å². The number of alkyl halides is 2. The van der Waals surface area contributed by atoms with E-state index in [1.165, 1.54) is 37.3 Å². The van der Waals surface area contributed by atoms with E-state index in [0.717, 1.165) is 6.42 Å². The van der Waals surface area contributed by atoms with Gasteiger partial charge in [-0.3, -0.25) is 9.59 Å². The number of imidazole rings is 1. The highest BCUT2D eigenvalue weighted by atomic mass is 32.2. The van der Waals surface area contributed by atoms with E-state index < -0.39 is 58.2 Å². The molecule has 4 atom stereocenters.